The number of pyridine rings is 1. The zero-order chi connectivity index (χ0) is 30.7. The van der Waals surface area contributed by atoms with E-state index in [1.54, 1.807) is 14.0 Å². The molecule has 0 aliphatic carbocycles. The van der Waals surface area contributed by atoms with Crippen molar-refractivity contribution >= 4 is 25.1 Å². The molecule has 0 amide bonds. The highest BCUT2D eigenvalue weighted by atomic mass is 16.5. The minimum absolute atomic E-state index is 0.0556. The van der Waals surface area contributed by atoms with Gasteiger partial charge in [0, 0.05) is 38.1 Å². The van der Waals surface area contributed by atoms with Crippen molar-refractivity contribution in [1.82, 2.24) is 9.88 Å². The van der Waals surface area contributed by atoms with Crippen molar-refractivity contribution in [3.05, 3.63) is 68.9 Å². The van der Waals surface area contributed by atoms with Gasteiger partial charge < -0.3 is 39.6 Å². The number of hydrogen-bond acceptors (Lipinski definition) is 9. The van der Waals surface area contributed by atoms with Crippen LogP contribution in [-0.4, -0.2) is 89.9 Å². The highest BCUT2D eigenvalue weighted by Crippen LogP contribution is 2.37. The summed E-state index contributed by atoms with van der Waals surface area (Å²) in [6, 6.07) is 0. The van der Waals surface area contributed by atoms with Crippen molar-refractivity contribution in [3.63, 3.8) is 0 Å². The van der Waals surface area contributed by atoms with Crippen LogP contribution in [-0.2, 0) is 27.4 Å². The van der Waals surface area contributed by atoms with E-state index in [2.05, 4.69) is 11.5 Å². The summed E-state index contributed by atoms with van der Waals surface area (Å²) in [5.41, 5.74) is 5.69. The number of allylic oxidation sites excluding steroid dienone is 2. The van der Waals surface area contributed by atoms with Crippen molar-refractivity contribution in [3.8, 4) is 0 Å². The van der Waals surface area contributed by atoms with Crippen LogP contribution in [0.25, 0.3) is 18.4 Å². The van der Waals surface area contributed by atoms with Crippen LogP contribution < -0.4 is 10.6 Å². The molecule has 0 fully saturated rings. The number of ether oxygens (including phenoxy) is 2. The molecular formula is C31H48N2O7. The standard InChI is InChI=1S/C21H26N2O3.C6H10O2.C2H6.CH4O.CH2O/c1-5-6-7-16-13(2)22-21-18(19(16)11-24)10-23-9-15(12-26-4)17(14(3)25)8-20(21)23;7-5-6-3-1-2-4-8-6;3*1-2/h5-8,14,24-25H,2,9-12H2,1,3-4H3;1-2,6-7H,3-5H2;1-2H3;2H,1H3;1H2/b6-5-,16-7+;;;;. The average molecular weight is 561 g/mol. The smallest absolute Gasteiger partial charge is 0.106 e. The third-order valence-corrected chi connectivity index (χ3v) is 6.13. The topological polar surface area (TPSA) is 133 Å². The van der Waals surface area contributed by atoms with Crippen molar-refractivity contribution in [2.24, 2.45) is 0 Å². The molecule has 1 aromatic heterocycles. The van der Waals surface area contributed by atoms with E-state index in [-0.39, 0.29) is 19.3 Å². The van der Waals surface area contributed by atoms with E-state index in [1.807, 2.05) is 64.0 Å². The molecule has 3 aliphatic rings. The molecule has 40 heavy (non-hydrogen) atoms. The van der Waals surface area contributed by atoms with Gasteiger partial charge in [0.15, 0.2) is 0 Å². The van der Waals surface area contributed by atoms with E-state index in [0.29, 0.717) is 31.7 Å². The Balaban J connectivity index is 0.000000908. The quantitative estimate of drug-likeness (QED) is 0.383. The van der Waals surface area contributed by atoms with Crippen molar-refractivity contribution in [2.75, 3.05) is 40.6 Å². The minimum Gasteiger partial charge on any atom is -0.400 e. The Labute approximate surface area is 238 Å². The molecule has 0 aromatic carbocycles. The second kappa shape index (κ2) is 20.9. The molecule has 2 atom stereocenters. The summed E-state index contributed by atoms with van der Waals surface area (Å²) in [4.78, 5) is 14.9. The number of nitrogens with zero attached hydrogens (tertiary/aromatic N) is 2. The largest absolute Gasteiger partial charge is 0.400 e. The van der Waals surface area contributed by atoms with E-state index >= 15 is 0 Å². The van der Waals surface area contributed by atoms with E-state index in [0.717, 1.165) is 52.4 Å². The van der Waals surface area contributed by atoms with Gasteiger partial charge in [-0.15, -0.1) is 0 Å². The number of fused-ring (bicyclic) bond motifs is 3. The van der Waals surface area contributed by atoms with Crippen molar-refractivity contribution < 1.29 is 34.7 Å². The van der Waals surface area contributed by atoms with Gasteiger partial charge in [-0.3, -0.25) is 0 Å². The number of methoxy groups -OCH3 is 1. The normalized spacial score (nSPS) is 18.1. The predicted molar refractivity (Wildman–Crippen MR) is 160 cm³/mol. The zero-order valence-corrected chi connectivity index (χ0v) is 24.9. The SMILES string of the molecule is C=O.C=c1nc2c(c(CO)/c1=C/C=C\C)CN1CC(COC)=C(C(C)O)C=C21.CC.CO.OCC1CC=CCO1. The van der Waals surface area contributed by atoms with Gasteiger partial charge in [0.05, 0.1) is 55.4 Å². The van der Waals surface area contributed by atoms with Crippen molar-refractivity contribution in [2.45, 2.75) is 59.5 Å². The first-order valence-electron chi connectivity index (χ1n) is 13.4. The lowest BCUT2D eigenvalue weighted by Gasteiger charge is -2.29. The van der Waals surface area contributed by atoms with Crippen LogP contribution in [0.5, 0.6) is 0 Å². The molecule has 0 bridgehead atoms. The number of aliphatic hydroxyl groups excluding tert-OH is 4. The van der Waals surface area contributed by atoms with Gasteiger partial charge in [0.2, 0.25) is 0 Å². The van der Waals surface area contributed by atoms with E-state index in [1.165, 1.54) is 0 Å². The predicted octanol–water partition coefficient (Wildman–Crippen LogP) is 1.61. The first-order chi connectivity index (χ1) is 19.4. The molecule has 2 unspecified atom stereocenters. The van der Waals surface area contributed by atoms with Gasteiger partial charge in [-0.1, -0.05) is 50.8 Å². The summed E-state index contributed by atoms with van der Waals surface area (Å²) < 4.78 is 10.4. The Morgan fingerprint density at radius 2 is 1.90 bits per heavy atom. The van der Waals surface area contributed by atoms with Crippen LogP contribution in [0.4, 0.5) is 0 Å². The van der Waals surface area contributed by atoms with Gasteiger partial charge in [-0.05, 0) is 43.1 Å². The van der Waals surface area contributed by atoms with Crippen LogP contribution in [0, 0.1) is 0 Å². The highest BCUT2D eigenvalue weighted by Gasteiger charge is 2.32. The maximum absolute atomic E-state index is 10.2. The summed E-state index contributed by atoms with van der Waals surface area (Å²) in [5.74, 6) is 0. The molecule has 9 nitrogen and oxygen atoms in total. The Morgan fingerprint density at radius 1 is 1.23 bits per heavy atom. The molecule has 4 heterocycles. The number of carbonyl (C=O) groups excluding carboxylic acids is 1. The van der Waals surface area contributed by atoms with Crippen LogP contribution in [0.3, 0.4) is 0 Å². The van der Waals surface area contributed by atoms with Crippen LogP contribution in [0.1, 0.15) is 50.9 Å². The van der Waals surface area contributed by atoms with Crippen LogP contribution >= 0.6 is 0 Å². The number of hydrogen-bond donors (Lipinski definition) is 4. The third-order valence-electron chi connectivity index (χ3n) is 6.13. The number of aliphatic hydroxyl groups is 4. The lowest BCUT2D eigenvalue weighted by Crippen LogP contribution is -2.32. The Bertz CT molecular complexity index is 1120. The Kier molecular flexibility index (Phi) is 19.4. The Hall–Kier alpha value is -2.92. The van der Waals surface area contributed by atoms with E-state index in [4.69, 9.17) is 29.5 Å². The highest BCUT2D eigenvalue weighted by molar-refractivity contribution is 5.74. The third kappa shape index (κ3) is 9.92. The molecule has 0 saturated heterocycles. The summed E-state index contributed by atoms with van der Waals surface area (Å²) in [7, 11) is 2.66. The molecule has 0 radical (unpaired) electrons. The van der Waals surface area contributed by atoms with Gasteiger partial charge in [-0.25, -0.2) is 4.98 Å². The molecule has 0 spiro atoms. The molecule has 224 valence electrons. The first kappa shape index (κ1) is 37.1. The lowest BCUT2D eigenvalue weighted by molar-refractivity contribution is -0.0980. The van der Waals surface area contributed by atoms with Gasteiger partial charge in [0.1, 0.15) is 6.79 Å². The summed E-state index contributed by atoms with van der Waals surface area (Å²) in [6.07, 6.45) is 12.2. The lowest BCUT2D eigenvalue weighted by atomic mass is 9.98. The van der Waals surface area contributed by atoms with Crippen molar-refractivity contribution in [1.29, 1.82) is 0 Å². The fraction of sp³-hybridized carbons (Fsp3) is 0.484. The molecule has 9 heteroatoms. The maximum atomic E-state index is 10.2. The fourth-order valence-corrected chi connectivity index (χ4v) is 4.41. The van der Waals surface area contributed by atoms with Gasteiger partial charge in [0.25, 0.3) is 0 Å². The zero-order valence-electron chi connectivity index (χ0n) is 24.9. The van der Waals surface area contributed by atoms with Crippen LogP contribution in [0.2, 0.25) is 0 Å². The van der Waals surface area contributed by atoms with Crippen LogP contribution in [0.15, 0.2) is 41.5 Å². The summed E-state index contributed by atoms with van der Waals surface area (Å²) in [6.45, 7) is 16.4. The molecule has 4 rings (SSSR count). The molecule has 0 saturated carbocycles. The summed E-state index contributed by atoms with van der Waals surface area (Å²) in [5, 5.41) is 37.2. The first-order valence-corrected chi connectivity index (χ1v) is 13.4. The van der Waals surface area contributed by atoms with E-state index < -0.39 is 6.10 Å². The monoisotopic (exact) mass is 560 g/mol. The molecule has 4 N–H and O–H groups in total. The molecule has 1 aromatic rings. The number of aromatic nitrogens is 1. The van der Waals surface area contributed by atoms with Gasteiger partial charge in [-0.2, -0.15) is 0 Å². The average Bonchev–Trinajstić information content (AvgIpc) is 3.36. The molecule has 3 aliphatic heterocycles. The Morgan fingerprint density at radius 3 is 2.38 bits per heavy atom. The number of rotatable bonds is 6. The second-order valence-corrected chi connectivity index (χ2v) is 8.53. The van der Waals surface area contributed by atoms with Gasteiger partial charge >= 0.3 is 0 Å². The second-order valence-electron chi connectivity index (χ2n) is 8.53. The fourth-order valence-electron chi connectivity index (χ4n) is 4.41. The maximum Gasteiger partial charge on any atom is 0.106 e. The molecular weight excluding hydrogens is 512 g/mol. The van der Waals surface area contributed by atoms with E-state index in [9.17, 15) is 10.2 Å². The number of carbonyl (C=O) groups is 1. The summed E-state index contributed by atoms with van der Waals surface area (Å²) >= 11 is 0. The minimum atomic E-state index is -0.572.